The van der Waals surface area contributed by atoms with Gasteiger partial charge in [-0.25, -0.2) is 13.1 Å². The van der Waals surface area contributed by atoms with Gasteiger partial charge in [-0.2, -0.15) is 0 Å². The van der Waals surface area contributed by atoms with Crippen molar-refractivity contribution < 1.29 is 8.42 Å². The number of nitrogens with one attached hydrogen (secondary N) is 3. The van der Waals surface area contributed by atoms with Gasteiger partial charge < -0.3 is 10.6 Å². The molecule has 0 heterocycles. The van der Waals surface area contributed by atoms with E-state index < -0.39 is 10.0 Å². The molecule has 0 amide bonds. The summed E-state index contributed by atoms with van der Waals surface area (Å²) in [6.07, 6.45) is 3.59. The average Bonchev–Trinajstić information content (AvgIpc) is 2.70. The Labute approximate surface area is 167 Å². The van der Waals surface area contributed by atoms with Crippen molar-refractivity contribution in [3.8, 4) is 0 Å². The van der Waals surface area contributed by atoms with Gasteiger partial charge in [0, 0.05) is 25.6 Å². The van der Waals surface area contributed by atoms with E-state index >= 15 is 0 Å². The highest BCUT2D eigenvalue weighted by atomic mass is 32.2. The van der Waals surface area contributed by atoms with Gasteiger partial charge >= 0.3 is 0 Å². The molecule has 0 spiro atoms. The molecular formula is C21H28N4O2S. The number of hydrogen-bond donors (Lipinski definition) is 3. The van der Waals surface area contributed by atoms with Crippen LogP contribution in [0, 0.1) is 0 Å². The molecule has 3 rings (SSSR count). The summed E-state index contributed by atoms with van der Waals surface area (Å²) >= 11 is 0. The first-order chi connectivity index (χ1) is 13.5. The van der Waals surface area contributed by atoms with Gasteiger partial charge in [-0.3, -0.25) is 4.99 Å². The van der Waals surface area contributed by atoms with Crippen molar-refractivity contribution >= 4 is 16.0 Å². The third-order valence-corrected chi connectivity index (χ3v) is 6.86. The highest BCUT2D eigenvalue weighted by molar-refractivity contribution is 7.89. The first-order valence-electron chi connectivity index (χ1n) is 9.52. The molecule has 0 atom stereocenters. The van der Waals surface area contributed by atoms with Crippen LogP contribution in [-0.2, 0) is 22.0 Å². The van der Waals surface area contributed by atoms with Gasteiger partial charge in [0.25, 0.3) is 0 Å². The van der Waals surface area contributed by atoms with E-state index in [4.69, 9.17) is 0 Å². The lowest BCUT2D eigenvalue weighted by molar-refractivity contribution is 0.244. The number of hydrogen-bond acceptors (Lipinski definition) is 3. The summed E-state index contributed by atoms with van der Waals surface area (Å²) in [6, 6.07) is 17.5. The number of guanidine groups is 1. The maximum atomic E-state index is 12.0. The average molecular weight is 401 g/mol. The maximum absolute atomic E-state index is 12.0. The third-order valence-electron chi connectivity index (χ3n) is 5.45. The summed E-state index contributed by atoms with van der Waals surface area (Å²) in [5.41, 5.74) is 2.41. The normalized spacial score (nSPS) is 16.3. The number of rotatable bonds is 7. The van der Waals surface area contributed by atoms with Crippen molar-refractivity contribution in [3.63, 3.8) is 0 Å². The molecule has 0 bridgehead atoms. The third kappa shape index (κ3) is 4.54. The Kier molecular flexibility index (Phi) is 6.36. The largest absolute Gasteiger partial charge is 0.356 e. The molecule has 28 heavy (non-hydrogen) atoms. The van der Waals surface area contributed by atoms with E-state index in [-0.39, 0.29) is 10.3 Å². The molecule has 1 aliphatic rings. The second-order valence-corrected chi connectivity index (χ2v) is 9.02. The monoisotopic (exact) mass is 400 g/mol. The van der Waals surface area contributed by atoms with E-state index in [1.54, 1.807) is 25.2 Å². The van der Waals surface area contributed by atoms with Crippen LogP contribution in [0.3, 0.4) is 0 Å². The molecule has 6 nitrogen and oxygen atoms in total. The molecule has 1 fully saturated rings. The zero-order valence-corrected chi connectivity index (χ0v) is 17.2. The molecule has 0 radical (unpaired) electrons. The number of benzene rings is 2. The highest BCUT2D eigenvalue weighted by Crippen LogP contribution is 2.43. The van der Waals surface area contributed by atoms with Crippen molar-refractivity contribution in [2.45, 2.75) is 36.1 Å². The van der Waals surface area contributed by atoms with E-state index in [0.29, 0.717) is 12.5 Å². The molecule has 0 saturated heterocycles. The molecule has 1 saturated carbocycles. The number of aliphatic imine (C=N–C) groups is 1. The maximum Gasteiger partial charge on any atom is 0.240 e. The van der Waals surface area contributed by atoms with Crippen LogP contribution in [0.15, 0.2) is 64.5 Å². The van der Waals surface area contributed by atoms with Crippen molar-refractivity contribution in [1.82, 2.24) is 15.4 Å². The summed E-state index contributed by atoms with van der Waals surface area (Å²) in [4.78, 5) is 4.57. The quantitative estimate of drug-likeness (QED) is 0.492. The van der Waals surface area contributed by atoms with Crippen LogP contribution in [0.25, 0.3) is 0 Å². The van der Waals surface area contributed by atoms with Crippen molar-refractivity contribution in [2.75, 3.05) is 20.6 Å². The van der Waals surface area contributed by atoms with E-state index in [0.717, 1.165) is 12.1 Å². The van der Waals surface area contributed by atoms with Gasteiger partial charge in [0.2, 0.25) is 10.0 Å². The molecule has 3 N–H and O–H groups in total. The van der Waals surface area contributed by atoms with Crippen LogP contribution >= 0.6 is 0 Å². The van der Waals surface area contributed by atoms with E-state index in [9.17, 15) is 8.42 Å². The lowest BCUT2D eigenvalue weighted by atomic mass is 9.64. The lowest BCUT2D eigenvalue weighted by Gasteiger charge is -2.43. The van der Waals surface area contributed by atoms with Crippen LogP contribution in [-0.4, -0.2) is 35.0 Å². The topological polar surface area (TPSA) is 82.6 Å². The minimum absolute atomic E-state index is 0.166. The van der Waals surface area contributed by atoms with Crippen LogP contribution < -0.4 is 15.4 Å². The van der Waals surface area contributed by atoms with E-state index in [2.05, 4.69) is 44.6 Å². The fourth-order valence-corrected chi connectivity index (χ4v) is 4.36. The lowest BCUT2D eigenvalue weighted by Crippen LogP contribution is -2.48. The Hall–Kier alpha value is -2.38. The smallest absolute Gasteiger partial charge is 0.240 e. The molecule has 7 heteroatoms. The van der Waals surface area contributed by atoms with Gasteiger partial charge in [0.1, 0.15) is 0 Å². The molecule has 1 aliphatic carbocycles. The zero-order chi connectivity index (χ0) is 20.0. The fourth-order valence-electron chi connectivity index (χ4n) is 3.56. The second-order valence-electron chi connectivity index (χ2n) is 7.13. The standard InChI is InChI=1S/C21H28N4O2S/c1-22-20(24-15-17-8-6-11-19(14-17)28(26,27)23-2)25-16-21(12-7-13-21)18-9-4-3-5-10-18/h3-6,8-11,14,23H,7,12-13,15-16H2,1-2H3,(H2,22,24,25). The molecule has 0 aliphatic heterocycles. The summed E-state index contributed by atoms with van der Waals surface area (Å²) in [6.45, 7) is 1.32. The minimum Gasteiger partial charge on any atom is -0.356 e. The number of nitrogens with zero attached hydrogens (tertiary/aromatic N) is 1. The van der Waals surface area contributed by atoms with Crippen LogP contribution in [0.1, 0.15) is 30.4 Å². The fraction of sp³-hybridized carbons (Fsp3) is 0.381. The first-order valence-corrected chi connectivity index (χ1v) is 11.0. The predicted molar refractivity (Wildman–Crippen MR) is 113 cm³/mol. The Balaban J connectivity index is 1.61. The minimum atomic E-state index is -3.44. The molecule has 0 aromatic heterocycles. The summed E-state index contributed by atoms with van der Waals surface area (Å²) in [5.74, 6) is 0.712. The van der Waals surface area contributed by atoms with Crippen LogP contribution in [0.4, 0.5) is 0 Å². The van der Waals surface area contributed by atoms with Gasteiger partial charge in [-0.15, -0.1) is 0 Å². The zero-order valence-electron chi connectivity index (χ0n) is 16.4. The molecule has 2 aromatic carbocycles. The molecule has 150 valence electrons. The van der Waals surface area contributed by atoms with Crippen LogP contribution in [0.5, 0.6) is 0 Å². The second kappa shape index (κ2) is 8.75. The first kappa shape index (κ1) is 20.4. The number of sulfonamides is 1. The Morgan fingerprint density at radius 3 is 2.43 bits per heavy atom. The Morgan fingerprint density at radius 1 is 1.07 bits per heavy atom. The van der Waals surface area contributed by atoms with Gasteiger partial charge in [-0.1, -0.05) is 48.9 Å². The Bertz CT molecular complexity index is 922. The van der Waals surface area contributed by atoms with E-state index in [1.165, 1.54) is 31.9 Å². The van der Waals surface area contributed by atoms with Crippen LogP contribution in [0.2, 0.25) is 0 Å². The van der Waals surface area contributed by atoms with Crippen molar-refractivity contribution in [2.24, 2.45) is 4.99 Å². The van der Waals surface area contributed by atoms with Gasteiger partial charge in [-0.05, 0) is 43.1 Å². The van der Waals surface area contributed by atoms with Crippen molar-refractivity contribution in [3.05, 3.63) is 65.7 Å². The Morgan fingerprint density at radius 2 is 1.82 bits per heavy atom. The van der Waals surface area contributed by atoms with Gasteiger partial charge in [0.15, 0.2) is 5.96 Å². The van der Waals surface area contributed by atoms with Gasteiger partial charge in [0.05, 0.1) is 4.90 Å². The molecule has 2 aromatic rings. The summed E-state index contributed by atoms with van der Waals surface area (Å²) in [5, 5.41) is 6.72. The van der Waals surface area contributed by atoms with Crippen molar-refractivity contribution in [1.29, 1.82) is 0 Å². The van der Waals surface area contributed by atoms with E-state index in [1.807, 2.05) is 12.1 Å². The summed E-state index contributed by atoms with van der Waals surface area (Å²) < 4.78 is 26.3. The summed E-state index contributed by atoms with van der Waals surface area (Å²) in [7, 11) is -0.289. The molecule has 0 unspecified atom stereocenters. The highest BCUT2D eigenvalue weighted by Gasteiger charge is 2.38. The molecular weight excluding hydrogens is 372 g/mol. The predicted octanol–water partition coefficient (Wildman–Crippen LogP) is 2.38. The SMILES string of the molecule is CN=C(NCc1cccc(S(=O)(=O)NC)c1)NCC1(c2ccccc2)CCC1.